The number of sulfone groups is 1. The molecular formula is C14H17NO5S. The van der Waals surface area contributed by atoms with Crippen molar-refractivity contribution >= 4 is 21.7 Å². The van der Waals surface area contributed by atoms with Gasteiger partial charge < -0.3 is 10.1 Å². The number of amides is 1. The van der Waals surface area contributed by atoms with Crippen molar-refractivity contribution in [2.45, 2.75) is 17.9 Å². The van der Waals surface area contributed by atoms with E-state index in [1.807, 2.05) is 0 Å². The maximum atomic E-state index is 11.8. The molecule has 0 fully saturated rings. The fourth-order valence-electron chi connectivity index (χ4n) is 1.44. The van der Waals surface area contributed by atoms with Crippen molar-refractivity contribution in [3.05, 3.63) is 42.5 Å². The van der Waals surface area contributed by atoms with E-state index >= 15 is 0 Å². The number of esters is 1. The zero-order valence-electron chi connectivity index (χ0n) is 11.8. The van der Waals surface area contributed by atoms with Crippen molar-refractivity contribution in [3.63, 3.8) is 0 Å². The number of carbonyl (C=O) groups is 2. The first-order valence-electron chi connectivity index (χ1n) is 6.15. The number of hydrogen-bond acceptors (Lipinski definition) is 5. The monoisotopic (exact) mass is 311 g/mol. The molecule has 0 aliphatic carbocycles. The Hall–Kier alpha value is -2.15. The van der Waals surface area contributed by atoms with E-state index in [9.17, 15) is 18.0 Å². The van der Waals surface area contributed by atoms with E-state index in [1.54, 1.807) is 0 Å². The van der Waals surface area contributed by atoms with Crippen LogP contribution in [0.25, 0.3) is 0 Å². The summed E-state index contributed by atoms with van der Waals surface area (Å²) >= 11 is 0. The topological polar surface area (TPSA) is 89.5 Å². The van der Waals surface area contributed by atoms with E-state index in [0.29, 0.717) is 0 Å². The van der Waals surface area contributed by atoms with Crippen LogP contribution in [0.2, 0.25) is 0 Å². The van der Waals surface area contributed by atoms with Crippen LogP contribution in [0.15, 0.2) is 41.8 Å². The molecule has 0 saturated heterocycles. The van der Waals surface area contributed by atoms with Crippen molar-refractivity contribution < 1.29 is 22.7 Å². The molecule has 1 atom stereocenters. The van der Waals surface area contributed by atoms with Gasteiger partial charge in [0.2, 0.25) is 0 Å². The Kier molecular flexibility index (Phi) is 5.66. The van der Waals surface area contributed by atoms with Crippen LogP contribution < -0.4 is 5.32 Å². The van der Waals surface area contributed by atoms with E-state index < -0.39 is 27.8 Å². The maximum Gasteiger partial charge on any atom is 0.338 e. The average molecular weight is 311 g/mol. The number of nitrogens with one attached hydrogen (secondary N) is 1. The molecule has 0 aromatic heterocycles. The van der Waals surface area contributed by atoms with Crippen LogP contribution in [-0.4, -0.2) is 39.2 Å². The fourth-order valence-corrected chi connectivity index (χ4v) is 2.07. The summed E-state index contributed by atoms with van der Waals surface area (Å²) in [6.07, 6.45) is 1.63. The molecular weight excluding hydrogens is 294 g/mol. The molecule has 1 aromatic carbocycles. The molecule has 0 bridgehead atoms. The molecule has 0 saturated carbocycles. The van der Waals surface area contributed by atoms with E-state index in [-0.39, 0.29) is 17.0 Å². The number of rotatable bonds is 6. The Morgan fingerprint density at radius 1 is 1.33 bits per heavy atom. The highest BCUT2D eigenvalue weighted by Crippen LogP contribution is 2.11. The lowest BCUT2D eigenvalue weighted by Gasteiger charge is -2.12. The van der Waals surface area contributed by atoms with Gasteiger partial charge in [0.05, 0.1) is 10.5 Å². The number of carbonyl (C=O) groups excluding carboxylic acids is 2. The lowest BCUT2D eigenvalue weighted by molar-refractivity contribution is -0.128. The SMILES string of the molecule is C=CCNC(=O)[C@H](C)OC(=O)c1ccc(S(C)(=O)=O)cc1. The van der Waals surface area contributed by atoms with Gasteiger partial charge in [-0.25, -0.2) is 13.2 Å². The van der Waals surface area contributed by atoms with Gasteiger partial charge in [0.25, 0.3) is 5.91 Å². The Morgan fingerprint density at radius 2 is 1.90 bits per heavy atom. The van der Waals surface area contributed by atoms with E-state index in [0.717, 1.165) is 6.26 Å². The predicted molar refractivity (Wildman–Crippen MR) is 77.6 cm³/mol. The Balaban J connectivity index is 2.72. The summed E-state index contributed by atoms with van der Waals surface area (Å²) in [7, 11) is -3.32. The van der Waals surface area contributed by atoms with Gasteiger partial charge in [-0.1, -0.05) is 6.08 Å². The summed E-state index contributed by atoms with van der Waals surface area (Å²) in [6, 6.07) is 5.31. The Bertz CT molecular complexity index is 634. The molecule has 0 spiro atoms. The highest BCUT2D eigenvalue weighted by molar-refractivity contribution is 7.90. The smallest absolute Gasteiger partial charge is 0.338 e. The summed E-state index contributed by atoms with van der Waals surface area (Å²) in [5.74, 6) is -1.13. The van der Waals surface area contributed by atoms with E-state index in [4.69, 9.17) is 4.74 Å². The minimum Gasteiger partial charge on any atom is -0.449 e. The van der Waals surface area contributed by atoms with Crippen LogP contribution in [-0.2, 0) is 19.4 Å². The summed E-state index contributed by atoms with van der Waals surface area (Å²) in [5.41, 5.74) is 0.172. The average Bonchev–Trinajstić information content (AvgIpc) is 2.43. The van der Waals surface area contributed by atoms with Crippen molar-refractivity contribution in [2.75, 3.05) is 12.8 Å². The number of ether oxygens (including phenoxy) is 1. The standard InChI is InChI=1S/C14H17NO5S/c1-4-9-15-13(16)10(2)20-14(17)11-5-7-12(8-6-11)21(3,18)19/h4-8,10H,1,9H2,2-3H3,(H,15,16)/t10-/m0/s1. The third kappa shape index (κ3) is 5.03. The van der Waals surface area contributed by atoms with Crippen molar-refractivity contribution in [1.29, 1.82) is 0 Å². The fraction of sp³-hybridized carbons (Fsp3) is 0.286. The molecule has 1 aromatic rings. The molecule has 1 N–H and O–H groups in total. The Labute approximate surface area is 123 Å². The van der Waals surface area contributed by atoms with Gasteiger partial charge in [-0.3, -0.25) is 4.79 Å². The summed E-state index contributed by atoms with van der Waals surface area (Å²) in [4.78, 5) is 23.5. The van der Waals surface area contributed by atoms with Crippen LogP contribution in [0, 0.1) is 0 Å². The molecule has 114 valence electrons. The highest BCUT2D eigenvalue weighted by atomic mass is 32.2. The van der Waals surface area contributed by atoms with Crippen LogP contribution in [0.4, 0.5) is 0 Å². The lowest BCUT2D eigenvalue weighted by atomic mass is 10.2. The summed E-state index contributed by atoms with van der Waals surface area (Å²) < 4.78 is 27.6. The Morgan fingerprint density at radius 3 is 2.38 bits per heavy atom. The van der Waals surface area contributed by atoms with Crippen LogP contribution in [0.1, 0.15) is 17.3 Å². The number of benzene rings is 1. The molecule has 6 nitrogen and oxygen atoms in total. The van der Waals surface area contributed by atoms with Gasteiger partial charge in [0, 0.05) is 12.8 Å². The third-order valence-corrected chi connectivity index (χ3v) is 3.72. The molecule has 1 amide bonds. The van der Waals surface area contributed by atoms with Gasteiger partial charge in [-0.15, -0.1) is 6.58 Å². The second kappa shape index (κ2) is 7.03. The summed E-state index contributed by atoms with van der Waals surface area (Å²) in [6.45, 7) is 5.18. The normalized spacial score (nSPS) is 12.3. The van der Waals surface area contributed by atoms with Crippen molar-refractivity contribution in [1.82, 2.24) is 5.32 Å². The van der Waals surface area contributed by atoms with Crippen molar-refractivity contribution in [2.24, 2.45) is 0 Å². The molecule has 0 heterocycles. The zero-order valence-corrected chi connectivity index (χ0v) is 12.6. The molecule has 0 unspecified atom stereocenters. The third-order valence-electron chi connectivity index (χ3n) is 2.59. The molecule has 0 radical (unpaired) electrons. The molecule has 0 aliphatic rings. The van der Waals surface area contributed by atoms with Crippen molar-refractivity contribution in [3.8, 4) is 0 Å². The molecule has 7 heteroatoms. The minimum absolute atomic E-state index is 0.107. The number of hydrogen-bond donors (Lipinski definition) is 1. The second-order valence-electron chi connectivity index (χ2n) is 4.38. The largest absolute Gasteiger partial charge is 0.449 e. The van der Waals surface area contributed by atoms with Crippen LogP contribution in [0.3, 0.4) is 0 Å². The van der Waals surface area contributed by atoms with E-state index in [2.05, 4.69) is 11.9 Å². The quantitative estimate of drug-likeness (QED) is 0.624. The zero-order chi connectivity index (χ0) is 16.0. The first-order valence-corrected chi connectivity index (χ1v) is 8.04. The minimum atomic E-state index is -3.32. The van der Waals surface area contributed by atoms with Crippen LogP contribution >= 0.6 is 0 Å². The molecule has 21 heavy (non-hydrogen) atoms. The lowest BCUT2D eigenvalue weighted by Crippen LogP contribution is -2.35. The second-order valence-corrected chi connectivity index (χ2v) is 6.39. The van der Waals surface area contributed by atoms with Gasteiger partial charge in [0.15, 0.2) is 15.9 Å². The molecule has 1 rings (SSSR count). The van der Waals surface area contributed by atoms with Gasteiger partial charge >= 0.3 is 5.97 Å². The van der Waals surface area contributed by atoms with Crippen LogP contribution in [0.5, 0.6) is 0 Å². The van der Waals surface area contributed by atoms with Gasteiger partial charge in [0.1, 0.15) is 0 Å². The first-order chi connectivity index (χ1) is 9.75. The van der Waals surface area contributed by atoms with Gasteiger partial charge in [-0.2, -0.15) is 0 Å². The van der Waals surface area contributed by atoms with Gasteiger partial charge in [-0.05, 0) is 31.2 Å². The first kappa shape index (κ1) is 16.9. The molecule has 0 aliphatic heterocycles. The summed E-state index contributed by atoms with van der Waals surface area (Å²) in [5, 5.41) is 2.50. The van der Waals surface area contributed by atoms with E-state index in [1.165, 1.54) is 37.3 Å². The maximum absolute atomic E-state index is 11.8. The highest BCUT2D eigenvalue weighted by Gasteiger charge is 2.18. The predicted octanol–water partition coefficient (Wildman–Crippen LogP) is 0.938.